The maximum Gasteiger partial charge on any atom is 0.234 e. The van der Waals surface area contributed by atoms with E-state index in [1.165, 1.54) is 43.3 Å². The van der Waals surface area contributed by atoms with Crippen molar-refractivity contribution in [3.63, 3.8) is 0 Å². The summed E-state index contributed by atoms with van der Waals surface area (Å²) in [6, 6.07) is 13.9. The summed E-state index contributed by atoms with van der Waals surface area (Å²) in [5.74, 6) is -0.0902. The third-order valence-electron chi connectivity index (χ3n) is 6.55. The number of rotatable bonds is 12. The van der Waals surface area contributed by atoms with Crippen molar-refractivity contribution in [1.29, 1.82) is 0 Å². The zero-order valence-electron chi connectivity index (χ0n) is 25.0. The lowest BCUT2D eigenvalue weighted by molar-refractivity contribution is -0.123. The highest BCUT2D eigenvalue weighted by Gasteiger charge is 2.21. The highest BCUT2D eigenvalue weighted by Crippen LogP contribution is 2.17. The van der Waals surface area contributed by atoms with E-state index in [0.29, 0.717) is 31.3 Å². The largest absolute Gasteiger partial charge is 0.491 e. The summed E-state index contributed by atoms with van der Waals surface area (Å²) in [5, 5.41) is 18.0. The van der Waals surface area contributed by atoms with E-state index in [4.69, 9.17) is 4.74 Å². The van der Waals surface area contributed by atoms with Gasteiger partial charge in [0.25, 0.3) is 0 Å². The van der Waals surface area contributed by atoms with E-state index in [2.05, 4.69) is 39.8 Å². The number of piperazine rings is 1. The second-order valence-electron chi connectivity index (χ2n) is 11.0. The van der Waals surface area contributed by atoms with Gasteiger partial charge in [-0.05, 0) is 66.9 Å². The van der Waals surface area contributed by atoms with Gasteiger partial charge in [-0.2, -0.15) is 5.10 Å². The van der Waals surface area contributed by atoms with Crippen LogP contribution in [0.3, 0.4) is 0 Å². The first-order chi connectivity index (χ1) is 20.5. The predicted octanol–water partition coefficient (Wildman–Crippen LogP) is 2.51. The van der Waals surface area contributed by atoms with Crippen molar-refractivity contribution in [3.05, 3.63) is 77.6 Å². The summed E-state index contributed by atoms with van der Waals surface area (Å²) >= 11 is 0. The number of hydrogen-bond acceptors (Lipinski definition) is 7. The van der Waals surface area contributed by atoms with Crippen LogP contribution in [0.2, 0.25) is 0 Å². The normalized spacial score (nSPS) is 14.6. The van der Waals surface area contributed by atoms with Gasteiger partial charge in [0.2, 0.25) is 11.8 Å². The van der Waals surface area contributed by atoms with Gasteiger partial charge in [0.05, 0.1) is 24.5 Å². The number of ether oxygens (including phenoxy) is 1. The van der Waals surface area contributed by atoms with E-state index in [1.54, 1.807) is 12.1 Å². The molecule has 0 spiro atoms. The second kappa shape index (κ2) is 16.7. The molecule has 1 saturated heterocycles. The molecular weight excluding hydrogens is 558 g/mol. The van der Waals surface area contributed by atoms with E-state index in [0.717, 1.165) is 49.7 Å². The van der Waals surface area contributed by atoms with Crippen LogP contribution in [0.5, 0.6) is 5.75 Å². The minimum Gasteiger partial charge on any atom is -0.491 e. The Hall–Kier alpha value is -3.87. The molecule has 4 N–H and O–H groups in total. The third kappa shape index (κ3) is 12.1. The van der Waals surface area contributed by atoms with Crippen molar-refractivity contribution in [2.24, 2.45) is 11.7 Å². The van der Waals surface area contributed by atoms with Gasteiger partial charge >= 0.3 is 0 Å². The van der Waals surface area contributed by atoms with Gasteiger partial charge in [-0.15, -0.1) is 0 Å². The van der Waals surface area contributed by atoms with Gasteiger partial charge < -0.3 is 20.9 Å². The van der Waals surface area contributed by atoms with E-state index in [1.807, 2.05) is 10.7 Å². The number of hydrogen-bond donors (Lipinski definition) is 3. The van der Waals surface area contributed by atoms with Gasteiger partial charge in [-0.3, -0.25) is 19.4 Å². The predicted molar refractivity (Wildman–Crippen MR) is 160 cm³/mol. The monoisotopic (exact) mass is 600 g/mol. The van der Waals surface area contributed by atoms with Gasteiger partial charge in [0.15, 0.2) is 0 Å². The number of aliphatic hydroxyl groups excluding tert-OH is 1. The second-order valence-corrected chi connectivity index (χ2v) is 11.0. The summed E-state index contributed by atoms with van der Waals surface area (Å²) in [4.78, 5) is 26.1. The molecule has 1 atom stereocenters. The average molecular weight is 601 g/mol. The lowest BCUT2D eigenvalue weighted by atomic mass is 10.1. The lowest BCUT2D eigenvalue weighted by Crippen LogP contribution is -2.51. The molecule has 1 aliphatic rings. The minimum atomic E-state index is -0.666. The Morgan fingerprint density at radius 3 is 2.14 bits per heavy atom. The van der Waals surface area contributed by atoms with E-state index >= 15 is 0 Å². The van der Waals surface area contributed by atoms with Crippen molar-refractivity contribution in [2.45, 2.75) is 39.8 Å². The number of nitrogens with two attached hydrogens (primary N) is 1. The summed E-state index contributed by atoms with van der Waals surface area (Å²) in [6.45, 7) is 9.69. The molecule has 1 aliphatic heterocycles. The van der Waals surface area contributed by atoms with Crippen molar-refractivity contribution in [2.75, 3.05) is 45.9 Å². The number of carbonyl (C=O) groups excluding carboxylic acids is 2. The number of benzene rings is 2. The Kier molecular flexibility index (Phi) is 13.0. The highest BCUT2D eigenvalue weighted by molar-refractivity contribution is 5.78. The number of nitrogens with one attached hydrogen (secondary N) is 1. The van der Waals surface area contributed by atoms with Crippen LogP contribution in [-0.2, 0) is 22.6 Å². The first kappa shape index (κ1) is 33.6. The topological polar surface area (TPSA) is 126 Å². The smallest absolute Gasteiger partial charge is 0.234 e. The fraction of sp³-hybridized carbons (Fsp3) is 0.452. The molecule has 1 fully saturated rings. The molecule has 0 unspecified atom stereocenters. The molecule has 2 aromatic carbocycles. The molecule has 234 valence electrons. The van der Waals surface area contributed by atoms with E-state index in [9.17, 15) is 23.5 Å². The molecule has 43 heavy (non-hydrogen) atoms. The number of primary amides is 1. The van der Waals surface area contributed by atoms with Crippen molar-refractivity contribution in [3.8, 4) is 11.4 Å². The van der Waals surface area contributed by atoms with Gasteiger partial charge in [-0.25, -0.2) is 13.5 Å². The van der Waals surface area contributed by atoms with Crippen LogP contribution in [0.15, 0.2) is 54.6 Å². The Balaban J connectivity index is 0.00000119. The van der Waals surface area contributed by atoms with Crippen LogP contribution in [0, 0.1) is 17.6 Å². The molecule has 2 heterocycles. The quantitative estimate of drug-likeness (QED) is 0.292. The van der Waals surface area contributed by atoms with Gasteiger partial charge in [0.1, 0.15) is 30.1 Å². The number of β-amino-alcohol motifs (C(OH)–C–C–N with tert-alkyl or cyclic N) is 1. The van der Waals surface area contributed by atoms with Crippen LogP contribution in [-0.4, -0.2) is 88.5 Å². The van der Waals surface area contributed by atoms with Gasteiger partial charge in [0, 0.05) is 45.3 Å². The van der Waals surface area contributed by atoms with Crippen LogP contribution in [0.25, 0.3) is 5.69 Å². The average Bonchev–Trinajstić information content (AvgIpc) is 3.34. The lowest BCUT2D eigenvalue weighted by Gasteiger charge is -2.35. The maximum atomic E-state index is 13.4. The number of aromatic nitrogens is 2. The van der Waals surface area contributed by atoms with E-state index in [-0.39, 0.29) is 30.1 Å². The summed E-state index contributed by atoms with van der Waals surface area (Å²) in [6.07, 6.45) is 0.149. The summed E-state index contributed by atoms with van der Waals surface area (Å²) in [5.41, 5.74) is 7.03. The van der Waals surface area contributed by atoms with E-state index < -0.39 is 6.10 Å². The molecule has 4 rings (SSSR count). The Labute approximate surface area is 251 Å². The minimum absolute atomic E-state index is 0.0714. The first-order valence-corrected chi connectivity index (χ1v) is 14.4. The molecule has 0 aliphatic carbocycles. The number of amides is 2. The Morgan fingerprint density at radius 2 is 1.56 bits per heavy atom. The maximum absolute atomic E-state index is 13.4. The van der Waals surface area contributed by atoms with Crippen LogP contribution in [0.1, 0.15) is 32.2 Å². The van der Waals surface area contributed by atoms with Crippen LogP contribution >= 0.6 is 0 Å². The molecule has 0 radical (unpaired) electrons. The van der Waals surface area contributed by atoms with Crippen molar-refractivity contribution < 1.29 is 28.2 Å². The molecule has 10 nitrogen and oxygen atoms in total. The first-order valence-electron chi connectivity index (χ1n) is 14.4. The SMILES string of the molecule is CC(C)Cc1cc(CNC(=O)CN2CCN(C[C@H](O)COc3ccc(F)cc3)CC2)nn1-c1ccc(F)cc1.CC(N)=O. The van der Waals surface area contributed by atoms with Crippen molar-refractivity contribution in [1.82, 2.24) is 24.9 Å². The number of halogens is 2. The Morgan fingerprint density at radius 1 is 1.00 bits per heavy atom. The zero-order valence-corrected chi connectivity index (χ0v) is 25.0. The zero-order chi connectivity index (χ0) is 31.4. The van der Waals surface area contributed by atoms with Crippen LogP contribution < -0.4 is 15.8 Å². The summed E-state index contributed by atoms with van der Waals surface area (Å²) < 4.78 is 33.7. The molecular formula is C31H42F2N6O4. The fourth-order valence-corrected chi connectivity index (χ4v) is 4.58. The van der Waals surface area contributed by atoms with Crippen molar-refractivity contribution >= 4 is 11.8 Å². The molecule has 0 saturated carbocycles. The van der Waals surface area contributed by atoms with Crippen LogP contribution in [0.4, 0.5) is 8.78 Å². The molecule has 3 aromatic rings. The number of aliphatic hydroxyl groups is 1. The summed E-state index contributed by atoms with van der Waals surface area (Å²) in [7, 11) is 0. The fourth-order valence-electron chi connectivity index (χ4n) is 4.58. The number of carbonyl (C=O) groups is 2. The standard InChI is InChI=1S/C29H37F2N5O3.C2H5NO/c1-21(2)15-26-16-24(33-36(26)25-7-3-22(30)4-8-25)17-32-29(38)19-35-13-11-34(12-14-35)18-27(37)20-39-28-9-5-23(31)6-10-28;1-2(3)4/h3-10,16,21,27,37H,11-15,17-20H2,1-2H3,(H,32,38);1H3,(H2,3,4)/t27-;/m0./s1. The molecule has 12 heteroatoms. The third-order valence-corrected chi connectivity index (χ3v) is 6.55. The highest BCUT2D eigenvalue weighted by atomic mass is 19.1. The Bertz CT molecular complexity index is 1290. The van der Waals surface area contributed by atoms with Gasteiger partial charge in [-0.1, -0.05) is 13.8 Å². The molecule has 2 amide bonds. The molecule has 0 bridgehead atoms. The number of nitrogens with zero attached hydrogens (tertiary/aromatic N) is 4. The molecule has 1 aromatic heterocycles.